The molecule has 0 N–H and O–H groups in total. The first-order chi connectivity index (χ1) is 7.27. The van der Waals surface area contributed by atoms with E-state index in [2.05, 4.69) is 0 Å². The van der Waals surface area contributed by atoms with E-state index >= 15 is 0 Å². The maximum absolute atomic E-state index is 10.8. The second-order valence-electron chi connectivity index (χ2n) is 3.34. The average molecular weight is 209 g/mol. The number of ether oxygens (including phenoxy) is 2. The zero-order valence-corrected chi connectivity index (χ0v) is 8.04. The first-order valence-corrected chi connectivity index (χ1v) is 4.69. The highest BCUT2D eigenvalue weighted by Gasteiger charge is 2.29. The van der Waals surface area contributed by atoms with Gasteiger partial charge in [0.15, 0.2) is 0 Å². The van der Waals surface area contributed by atoms with Crippen LogP contribution in [0.3, 0.4) is 0 Å². The van der Waals surface area contributed by atoms with Crippen molar-refractivity contribution in [1.29, 1.82) is 0 Å². The summed E-state index contributed by atoms with van der Waals surface area (Å²) in [6.45, 7) is 0.916. The molecule has 1 heterocycles. The molecule has 0 aromatic heterocycles. The van der Waals surface area contributed by atoms with Gasteiger partial charge in [-0.3, -0.25) is 10.1 Å². The lowest BCUT2D eigenvalue weighted by atomic mass is 10.2. The van der Waals surface area contributed by atoms with Gasteiger partial charge in [0.2, 0.25) is 0 Å². The Morgan fingerprint density at radius 1 is 1.53 bits per heavy atom. The van der Waals surface area contributed by atoms with E-state index in [1.807, 2.05) is 6.07 Å². The Bertz CT molecular complexity index is 337. The second kappa shape index (κ2) is 4.37. The molecule has 1 fully saturated rings. The van der Waals surface area contributed by atoms with E-state index in [1.165, 1.54) is 0 Å². The van der Waals surface area contributed by atoms with Crippen LogP contribution >= 0.6 is 0 Å². The molecule has 80 valence electrons. The van der Waals surface area contributed by atoms with Gasteiger partial charge < -0.3 is 9.47 Å². The number of epoxide rings is 1. The molecule has 1 aromatic rings. The number of hydrogen-bond donors (Lipinski definition) is 0. The fourth-order valence-corrected chi connectivity index (χ4v) is 1.26. The molecular formula is C10H11NO4. The molecule has 2 atom stereocenters. The van der Waals surface area contributed by atoms with E-state index in [9.17, 15) is 10.1 Å². The first kappa shape index (κ1) is 10.1. The average Bonchev–Trinajstić information content (AvgIpc) is 3.03. The Hall–Kier alpha value is -1.46. The van der Waals surface area contributed by atoms with Crippen LogP contribution < -0.4 is 0 Å². The van der Waals surface area contributed by atoms with Crippen LogP contribution in [-0.4, -0.2) is 24.2 Å². The van der Waals surface area contributed by atoms with Crippen molar-refractivity contribution < 1.29 is 14.4 Å². The third kappa shape index (κ3) is 2.74. The lowest BCUT2D eigenvalue weighted by Crippen LogP contribution is -2.17. The van der Waals surface area contributed by atoms with E-state index in [4.69, 9.17) is 9.47 Å². The third-order valence-electron chi connectivity index (χ3n) is 2.12. The van der Waals surface area contributed by atoms with Gasteiger partial charge in [-0.25, -0.2) is 0 Å². The monoisotopic (exact) mass is 209 g/mol. The van der Waals surface area contributed by atoms with Gasteiger partial charge in [0.05, 0.1) is 23.7 Å². The first-order valence-electron chi connectivity index (χ1n) is 4.69. The lowest BCUT2D eigenvalue weighted by molar-refractivity contribution is -0.584. The van der Waals surface area contributed by atoms with Crippen LogP contribution in [0.25, 0.3) is 0 Å². The lowest BCUT2D eigenvalue weighted by Gasteiger charge is -2.09. The van der Waals surface area contributed by atoms with Crippen LogP contribution in [0.2, 0.25) is 0 Å². The molecule has 5 heteroatoms. The zero-order chi connectivity index (χ0) is 10.7. The largest absolute Gasteiger partial charge is 0.371 e. The second-order valence-corrected chi connectivity index (χ2v) is 3.34. The van der Waals surface area contributed by atoms with Crippen LogP contribution in [0.5, 0.6) is 0 Å². The molecule has 5 nitrogen and oxygen atoms in total. The van der Waals surface area contributed by atoms with E-state index in [0.29, 0.717) is 12.2 Å². The molecule has 1 saturated heterocycles. The summed E-state index contributed by atoms with van der Waals surface area (Å²) in [6.07, 6.45) is -1.05. The highest BCUT2D eigenvalue weighted by molar-refractivity contribution is 5.15. The van der Waals surface area contributed by atoms with E-state index < -0.39 is 11.2 Å². The zero-order valence-electron chi connectivity index (χ0n) is 8.04. The summed E-state index contributed by atoms with van der Waals surface area (Å²) in [4.78, 5) is 10.3. The SMILES string of the molecule is O=[N+]([O-])C(OCC1CO1)c1ccccc1. The van der Waals surface area contributed by atoms with Gasteiger partial charge in [-0.15, -0.1) is 0 Å². The molecule has 0 bridgehead atoms. The summed E-state index contributed by atoms with van der Waals surface area (Å²) in [5.74, 6) is 0. The minimum Gasteiger partial charge on any atom is -0.371 e. The minimum absolute atomic E-state index is 0.0381. The van der Waals surface area contributed by atoms with E-state index in [0.717, 1.165) is 0 Å². The number of benzene rings is 1. The van der Waals surface area contributed by atoms with Crippen molar-refractivity contribution in [2.45, 2.75) is 12.3 Å². The molecule has 0 amide bonds. The summed E-state index contributed by atoms with van der Waals surface area (Å²) in [5, 5.41) is 10.8. The summed E-state index contributed by atoms with van der Waals surface area (Å²) in [6, 6.07) is 8.68. The van der Waals surface area contributed by atoms with Crippen molar-refractivity contribution >= 4 is 0 Å². The molecule has 0 aliphatic carbocycles. The van der Waals surface area contributed by atoms with Gasteiger partial charge in [-0.1, -0.05) is 18.2 Å². The molecule has 0 radical (unpaired) electrons. The van der Waals surface area contributed by atoms with E-state index in [-0.39, 0.29) is 12.7 Å². The molecule has 1 aromatic carbocycles. The van der Waals surface area contributed by atoms with Crippen LogP contribution in [0.4, 0.5) is 0 Å². The summed E-state index contributed by atoms with van der Waals surface area (Å²) in [5.41, 5.74) is 0.558. The Balaban J connectivity index is 2.01. The molecule has 2 rings (SSSR count). The highest BCUT2D eigenvalue weighted by Crippen LogP contribution is 2.20. The van der Waals surface area contributed by atoms with Crippen molar-refractivity contribution in [2.75, 3.05) is 13.2 Å². The topological polar surface area (TPSA) is 64.9 Å². The quantitative estimate of drug-likeness (QED) is 0.318. The smallest absolute Gasteiger partial charge is 0.342 e. The Morgan fingerprint density at radius 2 is 2.20 bits per heavy atom. The maximum atomic E-state index is 10.8. The summed E-state index contributed by atoms with van der Waals surface area (Å²) in [7, 11) is 0. The normalized spacial score (nSPS) is 20.9. The van der Waals surface area contributed by atoms with Crippen molar-refractivity contribution in [1.82, 2.24) is 0 Å². The molecule has 15 heavy (non-hydrogen) atoms. The molecule has 1 aliphatic rings. The highest BCUT2D eigenvalue weighted by atomic mass is 16.7. The summed E-state index contributed by atoms with van der Waals surface area (Å²) >= 11 is 0. The van der Waals surface area contributed by atoms with Crippen molar-refractivity contribution in [2.24, 2.45) is 0 Å². The third-order valence-corrected chi connectivity index (χ3v) is 2.12. The predicted molar refractivity (Wildman–Crippen MR) is 51.9 cm³/mol. The molecule has 0 spiro atoms. The van der Waals surface area contributed by atoms with Crippen LogP contribution in [0, 0.1) is 10.1 Å². The van der Waals surface area contributed by atoms with Crippen LogP contribution in [0.1, 0.15) is 11.8 Å². The minimum atomic E-state index is -1.09. The summed E-state index contributed by atoms with van der Waals surface area (Å²) < 4.78 is 10.1. The fourth-order valence-electron chi connectivity index (χ4n) is 1.26. The van der Waals surface area contributed by atoms with Gasteiger partial charge in [-0.2, -0.15) is 0 Å². The fraction of sp³-hybridized carbons (Fsp3) is 0.400. The number of nitro groups is 1. The van der Waals surface area contributed by atoms with Gasteiger partial charge in [0, 0.05) is 0 Å². The van der Waals surface area contributed by atoms with E-state index in [1.54, 1.807) is 24.3 Å². The number of rotatable bonds is 5. The van der Waals surface area contributed by atoms with Gasteiger partial charge in [0.25, 0.3) is 0 Å². The van der Waals surface area contributed by atoms with Crippen LogP contribution in [-0.2, 0) is 9.47 Å². The molecular weight excluding hydrogens is 198 g/mol. The number of hydrogen-bond acceptors (Lipinski definition) is 4. The number of nitrogens with zero attached hydrogens (tertiary/aromatic N) is 1. The van der Waals surface area contributed by atoms with Crippen molar-refractivity contribution in [3.05, 3.63) is 46.0 Å². The standard InChI is InChI=1S/C10H11NO4/c12-11(13)10(15-7-9-6-14-9)8-4-2-1-3-5-8/h1-5,9-10H,6-7H2. The van der Waals surface area contributed by atoms with Gasteiger partial charge in [-0.05, 0) is 12.1 Å². The van der Waals surface area contributed by atoms with Crippen LogP contribution in [0.15, 0.2) is 30.3 Å². The van der Waals surface area contributed by atoms with Gasteiger partial charge in [0.1, 0.15) is 6.10 Å². The predicted octanol–water partition coefficient (Wildman–Crippen LogP) is 1.38. The van der Waals surface area contributed by atoms with Gasteiger partial charge >= 0.3 is 6.23 Å². The molecule has 0 saturated carbocycles. The molecule has 1 aliphatic heterocycles. The van der Waals surface area contributed by atoms with Crippen molar-refractivity contribution in [3.8, 4) is 0 Å². The Kier molecular flexibility index (Phi) is 2.94. The molecule has 2 unspecified atom stereocenters. The Morgan fingerprint density at radius 3 is 2.73 bits per heavy atom. The Labute approximate surface area is 86.8 Å². The van der Waals surface area contributed by atoms with Crippen molar-refractivity contribution in [3.63, 3.8) is 0 Å². The maximum Gasteiger partial charge on any atom is 0.342 e.